The van der Waals surface area contributed by atoms with E-state index in [2.05, 4.69) is 10.2 Å². The molecular weight excluding hydrogens is 202 g/mol. The first-order valence-electron chi connectivity index (χ1n) is 6.50. The van der Waals surface area contributed by atoms with E-state index in [1.165, 1.54) is 19.4 Å². The zero-order valence-corrected chi connectivity index (χ0v) is 10.1. The highest BCUT2D eigenvalue weighted by atomic mass is 16.2. The molecule has 2 saturated heterocycles. The lowest BCUT2D eigenvalue weighted by atomic mass is 9.97. The molecule has 2 unspecified atom stereocenters. The van der Waals surface area contributed by atoms with Gasteiger partial charge in [-0.05, 0) is 38.6 Å². The first kappa shape index (κ1) is 11.9. The molecular formula is C12H23N3O. The normalized spacial score (nSPS) is 32.1. The fraction of sp³-hybridized carbons (Fsp3) is 0.917. The van der Waals surface area contributed by atoms with Crippen LogP contribution in [-0.4, -0.2) is 42.0 Å². The van der Waals surface area contributed by atoms with Gasteiger partial charge in [0.05, 0.1) is 6.04 Å². The number of nitrogens with two attached hydrogens (primary N) is 1. The lowest BCUT2D eigenvalue weighted by Gasteiger charge is -2.35. The number of piperidine rings is 1. The Hall–Kier alpha value is -0.610. The molecule has 3 N–H and O–H groups in total. The van der Waals surface area contributed by atoms with Crippen molar-refractivity contribution in [2.75, 3.05) is 13.1 Å². The second kappa shape index (κ2) is 5.15. The number of nitrogens with one attached hydrogen (secondary N) is 1. The quantitative estimate of drug-likeness (QED) is 0.734. The van der Waals surface area contributed by atoms with Crippen LogP contribution in [0, 0.1) is 0 Å². The summed E-state index contributed by atoms with van der Waals surface area (Å²) < 4.78 is 0. The topological polar surface area (TPSA) is 58.4 Å². The van der Waals surface area contributed by atoms with Gasteiger partial charge in [-0.1, -0.05) is 6.92 Å². The van der Waals surface area contributed by atoms with Crippen molar-refractivity contribution in [3.63, 3.8) is 0 Å². The van der Waals surface area contributed by atoms with Crippen LogP contribution in [0.5, 0.6) is 0 Å². The molecule has 0 bridgehead atoms. The van der Waals surface area contributed by atoms with E-state index in [0.717, 1.165) is 19.4 Å². The molecule has 3 atom stereocenters. The van der Waals surface area contributed by atoms with Crippen molar-refractivity contribution in [1.82, 2.24) is 10.2 Å². The third-order valence-corrected chi connectivity index (χ3v) is 3.94. The average molecular weight is 225 g/mol. The van der Waals surface area contributed by atoms with Crippen LogP contribution in [0.1, 0.15) is 39.0 Å². The Labute approximate surface area is 97.6 Å². The summed E-state index contributed by atoms with van der Waals surface area (Å²) in [7, 11) is 0. The summed E-state index contributed by atoms with van der Waals surface area (Å²) in [4.78, 5) is 14.2. The van der Waals surface area contributed by atoms with Gasteiger partial charge >= 0.3 is 0 Å². The molecule has 92 valence electrons. The minimum absolute atomic E-state index is 0.0268. The number of fused-ring (bicyclic) bond motifs is 1. The summed E-state index contributed by atoms with van der Waals surface area (Å²) in [6.45, 7) is 4.33. The number of hydrogen-bond donors (Lipinski definition) is 2. The summed E-state index contributed by atoms with van der Waals surface area (Å²) in [5, 5.41) is 3.09. The average Bonchev–Trinajstić information content (AvgIpc) is 2.75. The Bertz CT molecular complexity index is 257. The Morgan fingerprint density at radius 3 is 3.06 bits per heavy atom. The van der Waals surface area contributed by atoms with Gasteiger partial charge < -0.3 is 16.0 Å². The molecule has 2 aliphatic heterocycles. The largest absolute Gasteiger partial charge is 0.352 e. The molecule has 0 saturated carbocycles. The molecule has 0 spiro atoms. The SMILES string of the molecule is CC[C@H](N)C(=O)NC1CCN2CCCC2C1. The van der Waals surface area contributed by atoms with E-state index >= 15 is 0 Å². The van der Waals surface area contributed by atoms with E-state index in [-0.39, 0.29) is 11.9 Å². The van der Waals surface area contributed by atoms with Crippen LogP contribution in [0.15, 0.2) is 0 Å². The summed E-state index contributed by atoms with van der Waals surface area (Å²) in [6, 6.07) is 0.725. The minimum atomic E-state index is -0.332. The monoisotopic (exact) mass is 225 g/mol. The zero-order chi connectivity index (χ0) is 11.5. The van der Waals surface area contributed by atoms with Crippen molar-refractivity contribution in [2.45, 2.75) is 57.2 Å². The van der Waals surface area contributed by atoms with E-state index in [1.807, 2.05) is 6.92 Å². The predicted octanol–water partition coefficient (Wildman–Crippen LogP) is 0.467. The molecule has 4 nitrogen and oxygen atoms in total. The Morgan fingerprint density at radius 2 is 2.31 bits per heavy atom. The maximum Gasteiger partial charge on any atom is 0.237 e. The molecule has 0 aromatic carbocycles. The molecule has 2 aliphatic rings. The maximum absolute atomic E-state index is 11.7. The van der Waals surface area contributed by atoms with Crippen LogP contribution >= 0.6 is 0 Å². The zero-order valence-electron chi connectivity index (χ0n) is 10.1. The number of nitrogens with zero attached hydrogens (tertiary/aromatic N) is 1. The highest BCUT2D eigenvalue weighted by Gasteiger charge is 2.32. The summed E-state index contributed by atoms with van der Waals surface area (Å²) in [5.41, 5.74) is 5.72. The Kier molecular flexibility index (Phi) is 3.82. The van der Waals surface area contributed by atoms with Crippen molar-refractivity contribution in [2.24, 2.45) is 5.73 Å². The van der Waals surface area contributed by atoms with Crippen molar-refractivity contribution in [3.05, 3.63) is 0 Å². The molecule has 4 heteroatoms. The first-order chi connectivity index (χ1) is 7.70. The van der Waals surface area contributed by atoms with Crippen LogP contribution in [0.25, 0.3) is 0 Å². The van der Waals surface area contributed by atoms with Crippen LogP contribution in [0.3, 0.4) is 0 Å². The van der Waals surface area contributed by atoms with Crippen LogP contribution in [0.4, 0.5) is 0 Å². The Morgan fingerprint density at radius 1 is 1.50 bits per heavy atom. The van der Waals surface area contributed by atoms with Gasteiger partial charge in [-0.15, -0.1) is 0 Å². The van der Waals surface area contributed by atoms with Gasteiger partial charge in [-0.25, -0.2) is 0 Å². The molecule has 2 rings (SSSR count). The standard InChI is InChI=1S/C12H23N3O/c1-2-11(13)12(16)14-9-5-7-15-6-3-4-10(15)8-9/h9-11H,2-8,13H2,1H3,(H,14,16)/t9?,10?,11-/m0/s1. The molecule has 2 fully saturated rings. The van der Waals surface area contributed by atoms with Gasteiger partial charge in [-0.3, -0.25) is 4.79 Å². The van der Waals surface area contributed by atoms with Crippen LogP contribution < -0.4 is 11.1 Å². The van der Waals surface area contributed by atoms with E-state index < -0.39 is 0 Å². The molecule has 16 heavy (non-hydrogen) atoms. The lowest BCUT2D eigenvalue weighted by Crippen LogP contribution is -2.51. The maximum atomic E-state index is 11.7. The smallest absolute Gasteiger partial charge is 0.237 e. The number of amides is 1. The van der Waals surface area contributed by atoms with Crippen molar-refractivity contribution in [3.8, 4) is 0 Å². The number of rotatable bonds is 3. The van der Waals surface area contributed by atoms with Crippen molar-refractivity contribution < 1.29 is 4.79 Å². The minimum Gasteiger partial charge on any atom is -0.352 e. The lowest BCUT2D eigenvalue weighted by molar-refractivity contribution is -0.123. The second-order valence-corrected chi connectivity index (χ2v) is 5.08. The fourth-order valence-electron chi connectivity index (χ4n) is 2.85. The van der Waals surface area contributed by atoms with E-state index in [1.54, 1.807) is 0 Å². The highest BCUT2D eigenvalue weighted by molar-refractivity contribution is 5.81. The van der Waals surface area contributed by atoms with E-state index in [9.17, 15) is 4.79 Å². The van der Waals surface area contributed by atoms with Crippen molar-refractivity contribution in [1.29, 1.82) is 0 Å². The van der Waals surface area contributed by atoms with Crippen LogP contribution in [-0.2, 0) is 4.79 Å². The third-order valence-electron chi connectivity index (χ3n) is 3.94. The van der Waals surface area contributed by atoms with E-state index in [0.29, 0.717) is 18.5 Å². The predicted molar refractivity (Wildman–Crippen MR) is 64.0 cm³/mol. The molecule has 0 aromatic rings. The van der Waals surface area contributed by atoms with Crippen molar-refractivity contribution >= 4 is 5.91 Å². The van der Waals surface area contributed by atoms with E-state index in [4.69, 9.17) is 5.73 Å². The third kappa shape index (κ3) is 2.55. The van der Waals surface area contributed by atoms with Gasteiger partial charge in [0.15, 0.2) is 0 Å². The van der Waals surface area contributed by atoms with Gasteiger partial charge in [0, 0.05) is 18.6 Å². The van der Waals surface area contributed by atoms with Gasteiger partial charge in [-0.2, -0.15) is 0 Å². The number of carbonyl (C=O) groups excluding carboxylic acids is 1. The molecule has 1 amide bonds. The molecule has 0 aromatic heterocycles. The number of carbonyl (C=O) groups is 1. The molecule has 0 radical (unpaired) electrons. The van der Waals surface area contributed by atoms with Crippen LogP contribution in [0.2, 0.25) is 0 Å². The fourth-order valence-corrected chi connectivity index (χ4v) is 2.85. The summed E-state index contributed by atoms with van der Waals surface area (Å²) >= 11 is 0. The molecule has 0 aliphatic carbocycles. The van der Waals surface area contributed by atoms with Gasteiger partial charge in [0.2, 0.25) is 5.91 Å². The summed E-state index contributed by atoms with van der Waals surface area (Å²) in [6.07, 6.45) is 5.53. The molecule has 2 heterocycles. The highest BCUT2D eigenvalue weighted by Crippen LogP contribution is 2.26. The Balaban J connectivity index is 1.81. The van der Waals surface area contributed by atoms with Gasteiger partial charge in [0.25, 0.3) is 0 Å². The number of hydrogen-bond acceptors (Lipinski definition) is 3. The first-order valence-corrected chi connectivity index (χ1v) is 6.50. The summed E-state index contributed by atoms with van der Waals surface area (Å²) in [5.74, 6) is 0.0268. The second-order valence-electron chi connectivity index (χ2n) is 5.08. The van der Waals surface area contributed by atoms with Gasteiger partial charge in [0.1, 0.15) is 0 Å².